The van der Waals surface area contributed by atoms with Crippen LogP contribution < -0.4 is 5.32 Å². The van der Waals surface area contributed by atoms with Gasteiger partial charge in [0.25, 0.3) is 0 Å². The second-order valence-electron chi connectivity index (χ2n) is 5.17. The molecule has 1 fully saturated rings. The van der Waals surface area contributed by atoms with Crippen LogP contribution in [0.2, 0.25) is 0 Å². The average Bonchev–Trinajstić information content (AvgIpc) is 2.80. The van der Waals surface area contributed by atoms with Gasteiger partial charge in [0.05, 0.1) is 0 Å². The van der Waals surface area contributed by atoms with Crippen molar-refractivity contribution in [2.24, 2.45) is 10.9 Å². The molecule has 3 heteroatoms. The lowest BCUT2D eigenvalue weighted by molar-refractivity contribution is 0.503. The van der Waals surface area contributed by atoms with Gasteiger partial charge in [0.2, 0.25) is 0 Å². The zero-order valence-electron chi connectivity index (χ0n) is 11.4. The minimum atomic E-state index is 0.590. The molecule has 0 aromatic heterocycles. The summed E-state index contributed by atoms with van der Waals surface area (Å²) in [4.78, 5) is 4.66. The first-order chi connectivity index (χ1) is 8.66. The van der Waals surface area contributed by atoms with Crippen molar-refractivity contribution < 1.29 is 0 Å². The predicted molar refractivity (Wildman–Crippen MR) is 81.4 cm³/mol. The number of hydrogen-bond acceptors (Lipinski definition) is 2. The van der Waals surface area contributed by atoms with Gasteiger partial charge in [-0.05, 0) is 30.4 Å². The fourth-order valence-electron chi connectivity index (χ4n) is 2.03. The van der Waals surface area contributed by atoms with Crippen molar-refractivity contribution in [2.45, 2.75) is 33.2 Å². The van der Waals surface area contributed by atoms with E-state index in [0.717, 1.165) is 23.9 Å². The monoisotopic (exact) mass is 262 g/mol. The molecule has 1 aliphatic heterocycles. The summed E-state index contributed by atoms with van der Waals surface area (Å²) < 4.78 is 0. The van der Waals surface area contributed by atoms with E-state index in [1.54, 1.807) is 0 Å². The molecule has 0 saturated carbocycles. The molecular formula is C15H22N2S. The summed E-state index contributed by atoms with van der Waals surface area (Å²) in [6, 6.07) is 9.15. The van der Waals surface area contributed by atoms with Gasteiger partial charge in [0.1, 0.15) is 0 Å². The molecule has 18 heavy (non-hydrogen) atoms. The van der Waals surface area contributed by atoms with Crippen LogP contribution in [0, 0.1) is 12.8 Å². The highest BCUT2D eigenvalue weighted by Gasteiger charge is 2.22. The Balaban J connectivity index is 1.84. The summed E-state index contributed by atoms with van der Waals surface area (Å²) in [7, 11) is 0. The lowest BCUT2D eigenvalue weighted by Gasteiger charge is -2.13. The zero-order valence-corrected chi connectivity index (χ0v) is 12.3. The molecule has 1 N–H and O–H groups in total. The van der Waals surface area contributed by atoms with Gasteiger partial charge in [-0.15, -0.1) is 0 Å². The van der Waals surface area contributed by atoms with Gasteiger partial charge in [-0.3, -0.25) is 4.99 Å². The van der Waals surface area contributed by atoms with Gasteiger partial charge in [-0.25, -0.2) is 0 Å². The number of nitrogens with one attached hydrogen (secondary N) is 1. The molecule has 1 unspecified atom stereocenters. The largest absolute Gasteiger partial charge is 0.361 e. The smallest absolute Gasteiger partial charge is 0.156 e. The number of hydrogen-bond donors (Lipinski definition) is 1. The lowest BCUT2D eigenvalue weighted by atomic mass is 10.1. The minimum Gasteiger partial charge on any atom is -0.361 e. The lowest BCUT2D eigenvalue weighted by Crippen LogP contribution is -2.31. The molecule has 0 bridgehead atoms. The molecule has 1 heterocycles. The SMILES string of the molecule is Cc1ccccc1CCN=C1NC(C(C)C)CS1. The van der Waals surface area contributed by atoms with Crippen LogP contribution >= 0.6 is 11.8 Å². The highest BCUT2D eigenvalue weighted by Crippen LogP contribution is 2.19. The van der Waals surface area contributed by atoms with E-state index in [9.17, 15) is 0 Å². The zero-order chi connectivity index (χ0) is 13.0. The Morgan fingerprint density at radius 3 is 2.83 bits per heavy atom. The van der Waals surface area contributed by atoms with Crippen LogP contribution in [-0.4, -0.2) is 23.5 Å². The molecule has 98 valence electrons. The molecule has 1 aromatic rings. The Labute approximate surface area is 114 Å². The first-order valence-electron chi connectivity index (χ1n) is 6.65. The standard InChI is InChI=1S/C15H22N2S/c1-11(2)14-10-18-15(17-14)16-9-8-13-7-5-4-6-12(13)3/h4-7,11,14H,8-10H2,1-3H3,(H,16,17). The molecule has 0 spiro atoms. The summed E-state index contributed by atoms with van der Waals surface area (Å²) in [5.74, 6) is 1.84. The van der Waals surface area contributed by atoms with Crippen LogP contribution in [0.15, 0.2) is 29.3 Å². The summed E-state index contributed by atoms with van der Waals surface area (Å²) in [5.41, 5.74) is 2.77. The Morgan fingerprint density at radius 2 is 2.17 bits per heavy atom. The molecule has 2 nitrogen and oxygen atoms in total. The van der Waals surface area contributed by atoms with Crippen LogP contribution in [0.25, 0.3) is 0 Å². The fourth-order valence-corrected chi connectivity index (χ4v) is 3.25. The Kier molecular flexibility index (Phi) is 4.70. The van der Waals surface area contributed by atoms with Crippen molar-refractivity contribution in [1.82, 2.24) is 5.32 Å². The number of amidine groups is 1. The van der Waals surface area contributed by atoms with E-state index in [1.165, 1.54) is 11.1 Å². The van der Waals surface area contributed by atoms with Crippen LogP contribution in [0.5, 0.6) is 0 Å². The Bertz CT molecular complexity index is 426. The third-order valence-electron chi connectivity index (χ3n) is 3.41. The van der Waals surface area contributed by atoms with Crippen molar-refractivity contribution in [3.63, 3.8) is 0 Å². The number of thioether (sulfide) groups is 1. The maximum Gasteiger partial charge on any atom is 0.156 e. The molecular weight excluding hydrogens is 240 g/mol. The van der Waals surface area contributed by atoms with Gasteiger partial charge in [-0.2, -0.15) is 0 Å². The van der Waals surface area contributed by atoms with Crippen molar-refractivity contribution >= 4 is 16.9 Å². The topological polar surface area (TPSA) is 24.4 Å². The highest BCUT2D eigenvalue weighted by molar-refractivity contribution is 8.14. The fraction of sp³-hybridized carbons (Fsp3) is 0.533. The molecule has 2 rings (SSSR count). The summed E-state index contributed by atoms with van der Waals surface area (Å²) in [6.45, 7) is 7.56. The quantitative estimate of drug-likeness (QED) is 0.900. The number of rotatable bonds is 4. The number of nitrogens with zero attached hydrogens (tertiary/aromatic N) is 1. The molecule has 1 aromatic carbocycles. The third kappa shape index (κ3) is 3.52. The van der Waals surface area contributed by atoms with Gasteiger partial charge in [0.15, 0.2) is 5.17 Å². The molecule has 0 amide bonds. The van der Waals surface area contributed by atoms with Gasteiger partial charge in [-0.1, -0.05) is 49.9 Å². The highest BCUT2D eigenvalue weighted by atomic mass is 32.2. The number of aryl methyl sites for hydroxylation is 1. The predicted octanol–water partition coefficient (Wildman–Crippen LogP) is 3.25. The molecule has 1 aliphatic rings. The summed E-state index contributed by atoms with van der Waals surface area (Å²) >= 11 is 1.86. The van der Waals surface area contributed by atoms with Crippen molar-refractivity contribution in [3.05, 3.63) is 35.4 Å². The second kappa shape index (κ2) is 6.28. The normalized spacial score (nSPS) is 21.6. The second-order valence-corrected chi connectivity index (χ2v) is 6.18. The maximum absolute atomic E-state index is 4.66. The maximum atomic E-state index is 4.66. The van der Waals surface area contributed by atoms with E-state index < -0.39 is 0 Å². The average molecular weight is 262 g/mol. The third-order valence-corrected chi connectivity index (χ3v) is 4.46. The van der Waals surface area contributed by atoms with E-state index in [0.29, 0.717) is 12.0 Å². The Hall–Kier alpha value is -0.960. The minimum absolute atomic E-state index is 0.590. The van der Waals surface area contributed by atoms with Gasteiger partial charge >= 0.3 is 0 Å². The van der Waals surface area contributed by atoms with E-state index >= 15 is 0 Å². The van der Waals surface area contributed by atoms with Gasteiger partial charge < -0.3 is 5.32 Å². The number of aliphatic imine (C=N–C) groups is 1. The van der Waals surface area contributed by atoms with Crippen LogP contribution in [0.1, 0.15) is 25.0 Å². The van der Waals surface area contributed by atoms with E-state index in [1.807, 2.05) is 11.8 Å². The first-order valence-corrected chi connectivity index (χ1v) is 7.63. The molecule has 0 aliphatic carbocycles. The summed E-state index contributed by atoms with van der Waals surface area (Å²) in [6.07, 6.45) is 1.03. The van der Waals surface area contributed by atoms with Crippen molar-refractivity contribution in [2.75, 3.05) is 12.3 Å². The first kappa shape index (κ1) is 13.5. The molecule has 0 radical (unpaired) electrons. The molecule has 1 atom stereocenters. The molecule has 1 saturated heterocycles. The van der Waals surface area contributed by atoms with Crippen molar-refractivity contribution in [3.8, 4) is 0 Å². The Morgan fingerprint density at radius 1 is 1.39 bits per heavy atom. The number of benzene rings is 1. The van der Waals surface area contributed by atoms with Gasteiger partial charge in [0, 0.05) is 18.3 Å². The van der Waals surface area contributed by atoms with Crippen molar-refractivity contribution in [1.29, 1.82) is 0 Å². The van der Waals surface area contributed by atoms with E-state index in [-0.39, 0.29) is 0 Å². The van der Waals surface area contributed by atoms with Crippen LogP contribution in [-0.2, 0) is 6.42 Å². The summed E-state index contributed by atoms with van der Waals surface area (Å²) in [5, 5.41) is 4.63. The van der Waals surface area contributed by atoms with Crippen LogP contribution in [0.3, 0.4) is 0 Å². The van der Waals surface area contributed by atoms with Crippen LogP contribution in [0.4, 0.5) is 0 Å². The van der Waals surface area contributed by atoms with E-state index in [4.69, 9.17) is 0 Å². The van der Waals surface area contributed by atoms with E-state index in [2.05, 4.69) is 55.3 Å².